The third-order valence-corrected chi connectivity index (χ3v) is 2.57. The van der Waals surface area contributed by atoms with Gasteiger partial charge in [0.05, 0.1) is 20.6 Å². The number of carboxylic acid groups (broad SMARTS) is 1. The van der Waals surface area contributed by atoms with Gasteiger partial charge in [0.2, 0.25) is 0 Å². The summed E-state index contributed by atoms with van der Waals surface area (Å²) < 4.78 is 9.13. The second-order valence-corrected chi connectivity index (χ2v) is 4.48. The molecule has 0 heterocycles. The standard InChI is InChI=1S/C12H21NO6/c1-8(2)5-6-13(12(17)19-4)9(7-10(14)15)11(16)18-3/h8-9H,5-7H2,1-4H3,(H,14,15). The lowest BCUT2D eigenvalue weighted by atomic mass is 10.1. The molecule has 0 aliphatic carbocycles. The zero-order valence-corrected chi connectivity index (χ0v) is 11.7. The average Bonchev–Trinajstić information content (AvgIpc) is 2.35. The zero-order chi connectivity index (χ0) is 15.0. The van der Waals surface area contributed by atoms with Crippen LogP contribution < -0.4 is 0 Å². The van der Waals surface area contributed by atoms with Crippen molar-refractivity contribution >= 4 is 18.0 Å². The van der Waals surface area contributed by atoms with Gasteiger partial charge in [0.1, 0.15) is 6.04 Å². The van der Waals surface area contributed by atoms with E-state index in [0.29, 0.717) is 12.3 Å². The van der Waals surface area contributed by atoms with Crippen molar-refractivity contribution in [2.24, 2.45) is 5.92 Å². The second kappa shape index (κ2) is 8.34. The largest absolute Gasteiger partial charge is 0.481 e. The Hall–Kier alpha value is -1.79. The maximum atomic E-state index is 11.7. The number of rotatable bonds is 7. The van der Waals surface area contributed by atoms with Gasteiger partial charge in [-0.05, 0) is 12.3 Å². The fourth-order valence-corrected chi connectivity index (χ4v) is 1.51. The number of nitrogens with zero attached hydrogens (tertiary/aromatic N) is 1. The SMILES string of the molecule is COC(=O)C(CC(=O)O)N(CCC(C)C)C(=O)OC. The first kappa shape index (κ1) is 17.2. The lowest BCUT2D eigenvalue weighted by Crippen LogP contribution is -2.47. The van der Waals surface area contributed by atoms with Crippen LogP contribution in [-0.2, 0) is 19.1 Å². The van der Waals surface area contributed by atoms with Gasteiger partial charge in [0.15, 0.2) is 0 Å². The quantitative estimate of drug-likeness (QED) is 0.700. The summed E-state index contributed by atoms with van der Waals surface area (Å²) in [6.07, 6.45) is -0.625. The number of carbonyl (C=O) groups excluding carboxylic acids is 2. The summed E-state index contributed by atoms with van der Waals surface area (Å²) in [5.74, 6) is -1.65. The highest BCUT2D eigenvalue weighted by Gasteiger charge is 2.33. The predicted molar refractivity (Wildman–Crippen MR) is 66.6 cm³/mol. The fraction of sp³-hybridized carbons (Fsp3) is 0.750. The van der Waals surface area contributed by atoms with Crippen LogP contribution in [0.25, 0.3) is 0 Å². The summed E-state index contributed by atoms with van der Waals surface area (Å²) in [5.41, 5.74) is 0. The molecular weight excluding hydrogens is 254 g/mol. The monoisotopic (exact) mass is 275 g/mol. The lowest BCUT2D eigenvalue weighted by molar-refractivity contribution is -0.151. The maximum absolute atomic E-state index is 11.7. The van der Waals surface area contributed by atoms with Crippen LogP contribution in [0.4, 0.5) is 4.79 Å². The smallest absolute Gasteiger partial charge is 0.410 e. The third-order valence-electron chi connectivity index (χ3n) is 2.57. The molecule has 0 saturated carbocycles. The number of hydrogen-bond acceptors (Lipinski definition) is 5. The van der Waals surface area contributed by atoms with E-state index in [-0.39, 0.29) is 6.54 Å². The van der Waals surface area contributed by atoms with Gasteiger partial charge in [0.25, 0.3) is 0 Å². The minimum absolute atomic E-state index is 0.234. The van der Waals surface area contributed by atoms with Crippen LogP contribution in [-0.4, -0.2) is 54.8 Å². The number of hydrogen-bond donors (Lipinski definition) is 1. The molecule has 0 aromatic heterocycles. The zero-order valence-electron chi connectivity index (χ0n) is 11.7. The topological polar surface area (TPSA) is 93.1 Å². The molecule has 0 aromatic carbocycles. The molecule has 0 saturated heterocycles. The number of aliphatic carboxylic acids is 1. The molecular formula is C12H21NO6. The second-order valence-electron chi connectivity index (χ2n) is 4.48. The van der Waals surface area contributed by atoms with Crippen molar-refractivity contribution in [3.8, 4) is 0 Å². The van der Waals surface area contributed by atoms with E-state index in [1.54, 1.807) is 0 Å². The Kier molecular flexibility index (Phi) is 7.55. The maximum Gasteiger partial charge on any atom is 0.410 e. The molecule has 19 heavy (non-hydrogen) atoms. The van der Waals surface area contributed by atoms with E-state index < -0.39 is 30.5 Å². The van der Waals surface area contributed by atoms with E-state index in [9.17, 15) is 14.4 Å². The number of carbonyl (C=O) groups is 3. The van der Waals surface area contributed by atoms with Crippen LogP contribution >= 0.6 is 0 Å². The highest BCUT2D eigenvalue weighted by molar-refractivity contribution is 5.85. The molecule has 1 atom stereocenters. The van der Waals surface area contributed by atoms with Crippen molar-refractivity contribution in [3.63, 3.8) is 0 Å². The normalized spacial score (nSPS) is 11.8. The van der Waals surface area contributed by atoms with Gasteiger partial charge in [-0.1, -0.05) is 13.8 Å². The Balaban J connectivity index is 5.04. The molecule has 1 N–H and O–H groups in total. The van der Waals surface area contributed by atoms with Crippen LogP contribution in [0.2, 0.25) is 0 Å². The Morgan fingerprint density at radius 3 is 2.11 bits per heavy atom. The van der Waals surface area contributed by atoms with Gasteiger partial charge in [-0.15, -0.1) is 0 Å². The van der Waals surface area contributed by atoms with Crippen LogP contribution in [0.5, 0.6) is 0 Å². The first-order chi connectivity index (χ1) is 8.83. The summed E-state index contributed by atoms with van der Waals surface area (Å²) in [6, 6.07) is -1.17. The lowest BCUT2D eigenvalue weighted by Gasteiger charge is -2.28. The molecule has 0 fully saturated rings. The first-order valence-electron chi connectivity index (χ1n) is 5.97. The van der Waals surface area contributed by atoms with E-state index in [4.69, 9.17) is 5.11 Å². The molecule has 7 nitrogen and oxygen atoms in total. The highest BCUT2D eigenvalue weighted by Crippen LogP contribution is 2.12. The molecule has 0 radical (unpaired) electrons. The minimum atomic E-state index is -1.19. The number of carboxylic acids is 1. The first-order valence-corrected chi connectivity index (χ1v) is 5.97. The molecule has 0 spiro atoms. The van der Waals surface area contributed by atoms with Crippen molar-refractivity contribution in [3.05, 3.63) is 0 Å². The third kappa shape index (κ3) is 6.08. The van der Waals surface area contributed by atoms with E-state index in [0.717, 1.165) is 12.0 Å². The molecule has 0 bridgehead atoms. The van der Waals surface area contributed by atoms with Crippen molar-refractivity contribution in [1.29, 1.82) is 0 Å². The van der Waals surface area contributed by atoms with E-state index in [1.807, 2.05) is 13.8 Å². The predicted octanol–water partition coefficient (Wildman–Crippen LogP) is 1.12. The Morgan fingerprint density at radius 2 is 1.74 bits per heavy atom. The molecule has 1 amide bonds. The van der Waals surface area contributed by atoms with Crippen molar-refractivity contribution in [2.75, 3.05) is 20.8 Å². The van der Waals surface area contributed by atoms with Gasteiger partial charge in [-0.25, -0.2) is 9.59 Å². The van der Waals surface area contributed by atoms with Gasteiger partial charge in [-0.3, -0.25) is 9.69 Å². The van der Waals surface area contributed by atoms with E-state index >= 15 is 0 Å². The van der Waals surface area contributed by atoms with Crippen molar-refractivity contribution < 1.29 is 29.0 Å². The Labute approximate surface area is 112 Å². The molecule has 1 unspecified atom stereocenters. The van der Waals surface area contributed by atoms with Crippen LogP contribution in [0.3, 0.4) is 0 Å². The molecule has 110 valence electrons. The summed E-state index contributed by atoms with van der Waals surface area (Å²) in [4.78, 5) is 35.2. The van der Waals surface area contributed by atoms with Crippen LogP contribution in [0.15, 0.2) is 0 Å². The number of methoxy groups -OCH3 is 2. The van der Waals surface area contributed by atoms with Gasteiger partial charge >= 0.3 is 18.0 Å². The van der Waals surface area contributed by atoms with E-state index in [2.05, 4.69) is 9.47 Å². The summed E-state index contributed by atoms with van der Waals surface area (Å²) in [7, 11) is 2.33. The molecule has 0 rings (SSSR count). The number of amides is 1. The average molecular weight is 275 g/mol. The van der Waals surface area contributed by atoms with Gasteiger partial charge in [0, 0.05) is 6.54 Å². The van der Waals surface area contributed by atoms with Crippen LogP contribution in [0, 0.1) is 5.92 Å². The number of ether oxygens (including phenoxy) is 2. The molecule has 0 aromatic rings. The van der Waals surface area contributed by atoms with Gasteiger partial charge in [-0.2, -0.15) is 0 Å². The number of esters is 1. The Morgan fingerprint density at radius 1 is 1.16 bits per heavy atom. The molecule has 7 heteroatoms. The molecule has 0 aliphatic heterocycles. The van der Waals surface area contributed by atoms with E-state index in [1.165, 1.54) is 7.11 Å². The molecule has 0 aliphatic rings. The Bertz CT molecular complexity index is 328. The minimum Gasteiger partial charge on any atom is -0.481 e. The summed E-state index contributed by atoms with van der Waals surface area (Å²) >= 11 is 0. The van der Waals surface area contributed by atoms with Crippen LogP contribution in [0.1, 0.15) is 26.7 Å². The van der Waals surface area contributed by atoms with Crippen molar-refractivity contribution in [1.82, 2.24) is 4.90 Å². The highest BCUT2D eigenvalue weighted by atomic mass is 16.5. The summed E-state index contributed by atoms with van der Waals surface area (Å²) in [6.45, 7) is 4.15. The van der Waals surface area contributed by atoms with Crippen molar-refractivity contribution in [2.45, 2.75) is 32.7 Å². The van der Waals surface area contributed by atoms with Gasteiger partial charge < -0.3 is 14.6 Å². The summed E-state index contributed by atoms with van der Waals surface area (Å²) in [5, 5.41) is 8.82. The fourth-order valence-electron chi connectivity index (χ4n) is 1.51.